The third-order valence-electron chi connectivity index (χ3n) is 3.31. The highest BCUT2D eigenvalue weighted by molar-refractivity contribution is 8.00. The predicted molar refractivity (Wildman–Crippen MR) is 81.8 cm³/mol. The summed E-state index contributed by atoms with van der Waals surface area (Å²) in [7, 11) is 1.81. The second-order valence-corrected chi connectivity index (χ2v) is 5.85. The molecule has 1 unspecified atom stereocenters. The van der Waals surface area contributed by atoms with E-state index in [2.05, 4.69) is 19.1 Å². The van der Waals surface area contributed by atoms with E-state index in [0.717, 1.165) is 10.7 Å². The average molecular weight is 289 g/mol. The monoisotopic (exact) mass is 289 g/mol. The molecule has 0 aliphatic carbocycles. The van der Waals surface area contributed by atoms with Gasteiger partial charge in [-0.25, -0.2) is 0 Å². The third-order valence-corrected chi connectivity index (χ3v) is 4.31. The molecule has 1 aromatic carbocycles. The molecule has 1 heterocycles. The van der Waals surface area contributed by atoms with Gasteiger partial charge in [-0.2, -0.15) is 0 Å². The summed E-state index contributed by atoms with van der Waals surface area (Å²) in [5, 5.41) is 0. The number of hydrogen-bond donors (Lipinski definition) is 0. The molecule has 0 N–H and O–H groups in total. The summed E-state index contributed by atoms with van der Waals surface area (Å²) >= 11 is 1.56. The molecule has 2 rings (SSSR count). The largest absolute Gasteiger partial charge is 0.467 e. The fourth-order valence-corrected chi connectivity index (χ4v) is 2.64. The first kappa shape index (κ1) is 14.7. The molecule has 1 aromatic heterocycles. The molecule has 0 saturated carbocycles. The Bertz CT molecular complexity index is 548. The van der Waals surface area contributed by atoms with Gasteiger partial charge in [-0.1, -0.05) is 17.7 Å². The number of carbonyl (C=O) groups is 1. The topological polar surface area (TPSA) is 33.5 Å². The van der Waals surface area contributed by atoms with Gasteiger partial charge in [0.15, 0.2) is 0 Å². The van der Waals surface area contributed by atoms with Crippen LogP contribution in [-0.2, 0) is 4.79 Å². The minimum absolute atomic E-state index is 0.0453. The van der Waals surface area contributed by atoms with Gasteiger partial charge in [0.05, 0.1) is 18.1 Å². The highest BCUT2D eigenvalue weighted by atomic mass is 32.2. The Morgan fingerprint density at radius 2 is 2.00 bits per heavy atom. The molecule has 3 nitrogen and oxygen atoms in total. The van der Waals surface area contributed by atoms with Gasteiger partial charge < -0.3 is 9.32 Å². The zero-order chi connectivity index (χ0) is 14.5. The quantitative estimate of drug-likeness (QED) is 0.783. The molecule has 0 radical (unpaired) electrons. The van der Waals surface area contributed by atoms with Gasteiger partial charge in [0.2, 0.25) is 5.91 Å². The number of rotatable bonds is 5. The fourth-order valence-electron chi connectivity index (χ4n) is 1.82. The van der Waals surface area contributed by atoms with Crippen LogP contribution in [-0.4, -0.2) is 23.6 Å². The second kappa shape index (κ2) is 6.66. The average Bonchev–Trinajstić information content (AvgIpc) is 2.99. The molecule has 2 aromatic rings. The Balaban J connectivity index is 1.89. The lowest BCUT2D eigenvalue weighted by atomic mass is 10.2. The van der Waals surface area contributed by atoms with Crippen LogP contribution < -0.4 is 0 Å². The molecule has 4 heteroatoms. The summed E-state index contributed by atoms with van der Waals surface area (Å²) in [6.45, 7) is 4.02. The highest BCUT2D eigenvalue weighted by Gasteiger charge is 2.19. The van der Waals surface area contributed by atoms with Gasteiger partial charge in [-0.15, -0.1) is 11.8 Å². The van der Waals surface area contributed by atoms with E-state index >= 15 is 0 Å². The van der Waals surface area contributed by atoms with Crippen molar-refractivity contribution < 1.29 is 9.21 Å². The van der Waals surface area contributed by atoms with Crippen LogP contribution in [0.25, 0.3) is 0 Å². The Kier molecular flexibility index (Phi) is 4.90. The minimum atomic E-state index is -0.0453. The third kappa shape index (κ3) is 3.67. The summed E-state index contributed by atoms with van der Waals surface area (Å²) in [4.78, 5) is 15.0. The maximum atomic E-state index is 12.2. The van der Waals surface area contributed by atoms with E-state index < -0.39 is 0 Å². The van der Waals surface area contributed by atoms with Crippen LogP contribution in [0.2, 0.25) is 0 Å². The predicted octanol–water partition coefficient (Wildman–Crippen LogP) is 3.90. The number of hydrogen-bond acceptors (Lipinski definition) is 3. The van der Waals surface area contributed by atoms with Crippen LogP contribution in [0.3, 0.4) is 0 Å². The number of aryl methyl sites for hydroxylation is 1. The zero-order valence-corrected chi connectivity index (χ0v) is 12.8. The lowest BCUT2D eigenvalue weighted by molar-refractivity contribution is -0.129. The van der Waals surface area contributed by atoms with E-state index in [9.17, 15) is 4.79 Å². The molecular weight excluding hydrogens is 270 g/mol. The number of furan rings is 1. The number of nitrogens with zero attached hydrogens (tertiary/aromatic N) is 1. The second-order valence-electron chi connectivity index (χ2n) is 4.80. The maximum absolute atomic E-state index is 12.2. The van der Waals surface area contributed by atoms with Gasteiger partial charge >= 0.3 is 0 Å². The highest BCUT2D eigenvalue weighted by Crippen LogP contribution is 2.22. The maximum Gasteiger partial charge on any atom is 0.233 e. The van der Waals surface area contributed by atoms with Crippen LogP contribution in [0.5, 0.6) is 0 Å². The van der Waals surface area contributed by atoms with Crippen molar-refractivity contribution >= 4 is 17.7 Å². The summed E-state index contributed by atoms with van der Waals surface area (Å²) in [5.41, 5.74) is 1.23. The molecule has 0 bridgehead atoms. The molecule has 0 aliphatic rings. The van der Waals surface area contributed by atoms with E-state index in [0.29, 0.717) is 5.75 Å². The number of benzene rings is 1. The lowest BCUT2D eigenvalue weighted by Crippen LogP contribution is -2.30. The summed E-state index contributed by atoms with van der Waals surface area (Å²) in [5.74, 6) is 1.34. The summed E-state index contributed by atoms with van der Waals surface area (Å²) < 4.78 is 5.34. The molecule has 1 atom stereocenters. The number of amides is 1. The van der Waals surface area contributed by atoms with Crippen molar-refractivity contribution in [2.24, 2.45) is 0 Å². The standard InChI is InChI=1S/C16H19NO2S/c1-12-6-8-14(9-7-12)20-11-16(18)17(3)13(2)15-5-4-10-19-15/h4-10,13H,11H2,1-3H3. The Hall–Kier alpha value is -1.68. The van der Waals surface area contributed by atoms with Crippen LogP contribution in [0.4, 0.5) is 0 Å². The summed E-state index contributed by atoms with van der Waals surface area (Å²) in [6, 6.07) is 11.9. The van der Waals surface area contributed by atoms with Crippen molar-refractivity contribution in [2.75, 3.05) is 12.8 Å². The normalized spacial score (nSPS) is 12.2. The van der Waals surface area contributed by atoms with Gasteiger partial charge in [-0.05, 0) is 38.1 Å². The van der Waals surface area contributed by atoms with E-state index in [1.165, 1.54) is 5.56 Å². The van der Waals surface area contributed by atoms with Crippen molar-refractivity contribution in [3.05, 3.63) is 54.0 Å². The van der Waals surface area contributed by atoms with Crippen molar-refractivity contribution in [1.29, 1.82) is 0 Å². The summed E-state index contributed by atoms with van der Waals surface area (Å²) in [6.07, 6.45) is 1.63. The molecule has 1 amide bonds. The fraction of sp³-hybridized carbons (Fsp3) is 0.312. The Morgan fingerprint density at radius 3 is 2.60 bits per heavy atom. The molecular formula is C16H19NO2S. The molecule has 20 heavy (non-hydrogen) atoms. The molecule has 0 aliphatic heterocycles. The first-order valence-corrected chi connectivity index (χ1v) is 7.55. The van der Waals surface area contributed by atoms with Crippen molar-refractivity contribution in [3.8, 4) is 0 Å². The molecule has 106 valence electrons. The minimum Gasteiger partial charge on any atom is -0.467 e. The van der Waals surface area contributed by atoms with Gasteiger partial charge in [0, 0.05) is 11.9 Å². The van der Waals surface area contributed by atoms with Crippen molar-refractivity contribution in [3.63, 3.8) is 0 Å². The van der Waals surface area contributed by atoms with Crippen LogP contribution in [0.1, 0.15) is 24.3 Å². The van der Waals surface area contributed by atoms with E-state index in [4.69, 9.17) is 4.42 Å². The molecule has 0 fully saturated rings. The van der Waals surface area contributed by atoms with E-state index in [1.807, 2.05) is 38.2 Å². The van der Waals surface area contributed by atoms with Crippen LogP contribution in [0.15, 0.2) is 52.0 Å². The zero-order valence-electron chi connectivity index (χ0n) is 12.0. The SMILES string of the molecule is Cc1ccc(SCC(=O)N(C)C(C)c2ccco2)cc1. The van der Waals surface area contributed by atoms with E-state index in [1.54, 1.807) is 22.9 Å². The van der Waals surface area contributed by atoms with Crippen molar-refractivity contribution in [1.82, 2.24) is 4.90 Å². The van der Waals surface area contributed by atoms with Gasteiger partial charge in [0.1, 0.15) is 5.76 Å². The van der Waals surface area contributed by atoms with Gasteiger partial charge in [0.25, 0.3) is 0 Å². The van der Waals surface area contributed by atoms with Gasteiger partial charge in [-0.3, -0.25) is 4.79 Å². The van der Waals surface area contributed by atoms with Crippen LogP contribution in [0, 0.1) is 6.92 Å². The van der Waals surface area contributed by atoms with E-state index in [-0.39, 0.29) is 11.9 Å². The Morgan fingerprint density at radius 1 is 1.30 bits per heavy atom. The van der Waals surface area contributed by atoms with Crippen LogP contribution >= 0.6 is 11.8 Å². The molecule has 0 saturated heterocycles. The molecule has 0 spiro atoms. The first-order valence-electron chi connectivity index (χ1n) is 6.56. The Labute approximate surface area is 124 Å². The first-order chi connectivity index (χ1) is 9.58. The lowest BCUT2D eigenvalue weighted by Gasteiger charge is -2.23. The smallest absolute Gasteiger partial charge is 0.233 e. The van der Waals surface area contributed by atoms with Crippen molar-refractivity contribution in [2.45, 2.75) is 24.8 Å². The number of thioether (sulfide) groups is 1. The number of carbonyl (C=O) groups excluding carboxylic acids is 1.